The van der Waals surface area contributed by atoms with E-state index in [-0.39, 0.29) is 0 Å². The molecule has 0 aliphatic rings. The molecule has 0 aliphatic carbocycles. The van der Waals surface area contributed by atoms with Gasteiger partial charge in [0.05, 0.1) is 0 Å². The van der Waals surface area contributed by atoms with Gasteiger partial charge in [-0.2, -0.15) is 0 Å². The zero-order valence-corrected chi connectivity index (χ0v) is 6.40. The highest BCUT2D eigenvalue weighted by Gasteiger charge is 1.88. The molecule has 0 amide bonds. The Balaban J connectivity index is 2.81. The summed E-state index contributed by atoms with van der Waals surface area (Å²) in [6.45, 7) is 0. The van der Waals surface area contributed by atoms with Crippen LogP contribution >= 0.6 is 9.24 Å². The predicted molar refractivity (Wildman–Crippen MR) is 42.0 cm³/mol. The lowest BCUT2D eigenvalue weighted by molar-refractivity contribution is 0.507. The molecule has 1 aromatic rings. The van der Waals surface area contributed by atoms with Gasteiger partial charge in [0.2, 0.25) is 0 Å². The highest BCUT2D eigenvalue weighted by atomic mass is 31.0. The van der Waals surface area contributed by atoms with E-state index < -0.39 is 0 Å². The summed E-state index contributed by atoms with van der Waals surface area (Å²) in [5.41, 5.74) is 0. The minimum atomic E-state index is 0.578. The Morgan fingerprint density at radius 1 is 1.30 bits per heavy atom. The van der Waals surface area contributed by atoms with Crippen LogP contribution < -0.4 is 10.0 Å². The fraction of sp³-hybridized carbons (Fsp3) is 0. The molecule has 0 saturated carbocycles. The van der Waals surface area contributed by atoms with Crippen LogP contribution in [0.1, 0.15) is 0 Å². The molecule has 1 rings (SSSR count). The summed E-state index contributed by atoms with van der Waals surface area (Å²) in [6.07, 6.45) is 1.60. The number of nitriles is 1. The Bertz CT molecular complexity index is 249. The van der Waals surface area contributed by atoms with Gasteiger partial charge in [0.15, 0.2) is 0 Å². The van der Waals surface area contributed by atoms with Crippen molar-refractivity contribution in [3.63, 3.8) is 0 Å². The van der Waals surface area contributed by atoms with Gasteiger partial charge in [-0.05, 0) is 17.4 Å². The van der Waals surface area contributed by atoms with Gasteiger partial charge in [-0.25, -0.2) is 0 Å². The lowest BCUT2D eigenvalue weighted by Gasteiger charge is -1.93. The van der Waals surface area contributed by atoms with Crippen molar-refractivity contribution in [2.24, 2.45) is 0 Å². The Kier molecular flexibility index (Phi) is 2.25. The van der Waals surface area contributed by atoms with Crippen molar-refractivity contribution in [3.8, 4) is 12.0 Å². The number of nitrogens with zero attached hydrogens (tertiary/aromatic N) is 1. The quantitative estimate of drug-likeness (QED) is 0.444. The first kappa shape index (κ1) is 7.05. The van der Waals surface area contributed by atoms with E-state index >= 15 is 0 Å². The molecule has 0 radical (unpaired) electrons. The highest BCUT2D eigenvalue weighted by molar-refractivity contribution is 7.27. The maximum absolute atomic E-state index is 8.11. The maximum Gasteiger partial charge on any atom is 0.292 e. The van der Waals surface area contributed by atoms with E-state index in [1.165, 1.54) is 0 Å². The lowest BCUT2D eigenvalue weighted by atomic mass is 10.3. The number of rotatable bonds is 1. The average molecular weight is 151 g/mol. The summed E-state index contributed by atoms with van der Waals surface area (Å²) in [7, 11) is 2.55. The molecule has 1 aromatic carbocycles. The van der Waals surface area contributed by atoms with Crippen LogP contribution in [0, 0.1) is 11.5 Å². The molecule has 50 valence electrons. The second-order valence-electron chi connectivity index (χ2n) is 1.76. The topological polar surface area (TPSA) is 33.0 Å². The summed E-state index contributed by atoms with van der Waals surface area (Å²) in [5, 5.41) is 9.19. The third-order valence-corrected chi connectivity index (χ3v) is 1.43. The molecule has 0 spiro atoms. The first-order valence-electron chi connectivity index (χ1n) is 2.74. The predicted octanol–water partition coefficient (Wildman–Crippen LogP) is 1.05. The van der Waals surface area contributed by atoms with Crippen LogP contribution in [0.2, 0.25) is 0 Å². The van der Waals surface area contributed by atoms with Crippen molar-refractivity contribution in [1.29, 1.82) is 5.26 Å². The van der Waals surface area contributed by atoms with Gasteiger partial charge in [-0.3, -0.25) is 0 Å². The van der Waals surface area contributed by atoms with Crippen molar-refractivity contribution >= 4 is 14.5 Å². The fourth-order valence-electron chi connectivity index (χ4n) is 0.589. The van der Waals surface area contributed by atoms with E-state index in [2.05, 4.69) is 14.0 Å². The van der Waals surface area contributed by atoms with Crippen LogP contribution in [0.3, 0.4) is 0 Å². The van der Waals surface area contributed by atoms with Crippen molar-refractivity contribution in [2.45, 2.75) is 0 Å². The first-order chi connectivity index (χ1) is 4.83. The molecule has 0 bridgehead atoms. The molecule has 0 heterocycles. The van der Waals surface area contributed by atoms with Crippen LogP contribution in [0.15, 0.2) is 24.3 Å². The van der Waals surface area contributed by atoms with Crippen LogP contribution in [0.4, 0.5) is 0 Å². The molecule has 2 nitrogen and oxygen atoms in total. The monoisotopic (exact) mass is 151 g/mol. The van der Waals surface area contributed by atoms with E-state index in [9.17, 15) is 0 Å². The number of benzene rings is 1. The molecule has 0 aliphatic heterocycles. The van der Waals surface area contributed by atoms with Crippen molar-refractivity contribution in [2.75, 3.05) is 0 Å². The van der Waals surface area contributed by atoms with Crippen LogP contribution in [0.25, 0.3) is 0 Å². The number of hydrogen-bond acceptors (Lipinski definition) is 2. The van der Waals surface area contributed by atoms with E-state index in [0.717, 1.165) is 5.30 Å². The lowest BCUT2D eigenvalue weighted by Crippen LogP contribution is -1.88. The van der Waals surface area contributed by atoms with Crippen LogP contribution in [0.5, 0.6) is 5.75 Å². The fourth-order valence-corrected chi connectivity index (χ4v) is 0.781. The van der Waals surface area contributed by atoms with Crippen molar-refractivity contribution < 1.29 is 4.74 Å². The number of ether oxygens (including phenoxy) is 1. The van der Waals surface area contributed by atoms with E-state index in [1.54, 1.807) is 18.4 Å². The second kappa shape index (κ2) is 3.20. The van der Waals surface area contributed by atoms with E-state index in [1.807, 2.05) is 12.1 Å². The molecule has 0 fully saturated rings. The molecule has 3 heteroatoms. The Morgan fingerprint density at radius 2 is 1.90 bits per heavy atom. The number of hydrogen-bond donors (Lipinski definition) is 0. The van der Waals surface area contributed by atoms with Gasteiger partial charge >= 0.3 is 0 Å². The molecule has 1 atom stereocenters. The normalized spacial score (nSPS) is 8.40. The third-order valence-electron chi connectivity index (χ3n) is 1.04. The highest BCUT2D eigenvalue weighted by Crippen LogP contribution is 2.07. The van der Waals surface area contributed by atoms with E-state index in [4.69, 9.17) is 5.26 Å². The molecule has 0 N–H and O–H groups in total. The summed E-state index contributed by atoms with van der Waals surface area (Å²) in [4.78, 5) is 0. The molecular weight excluding hydrogens is 145 g/mol. The first-order valence-corrected chi connectivity index (χ1v) is 3.32. The molecule has 0 aromatic heterocycles. The summed E-state index contributed by atoms with van der Waals surface area (Å²) in [6, 6.07) is 7.20. The minimum Gasteiger partial charge on any atom is -0.388 e. The minimum absolute atomic E-state index is 0.578. The van der Waals surface area contributed by atoms with Gasteiger partial charge in [0.25, 0.3) is 6.26 Å². The molecule has 1 unspecified atom stereocenters. The maximum atomic E-state index is 8.11. The van der Waals surface area contributed by atoms with Gasteiger partial charge < -0.3 is 4.74 Å². The second-order valence-corrected chi connectivity index (χ2v) is 2.43. The zero-order chi connectivity index (χ0) is 7.40. The molecular formula is C7H6NOP. The Labute approximate surface area is 61.6 Å². The van der Waals surface area contributed by atoms with Crippen molar-refractivity contribution in [1.82, 2.24) is 0 Å². The van der Waals surface area contributed by atoms with Crippen LogP contribution in [-0.2, 0) is 0 Å². The van der Waals surface area contributed by atoms with Crippen LogP contribution in [-0.4, -0.2) is 0 Å². The summed E-state index contributed by atoms with van der Waals surface area (Å²) in [5.74, 6) is 0.578. The third kappa shape index (κ3) is 1.72. The zero-order valence-electron chi connectivity index (χ0n) is 5.24. The van der Waals surface area contributed by atoms with E-state index in [0.29, 0.717) is 5.75 Å². The van der Waals surface area contributed by atoms with Gasteiger partial charge in [-0.1, -0.05) is 12.1 Å². The van der Waals surface area contributed by atoms with Gasteiger partial charge in [0.1, 0.15) is 5.75 Å². The molecule has 10 heavy (non-hydrogen) atoms. The summed E-state index contributed by atoms with van der Waals surface area (Å²) >= 11 is 0. The largest absolute Gasteiger partial charge is 0.388 e. The van der Waals surface area contributed by atoms with Crippen molar-refractivity contribution in [3.05, 3.63) is 24.3 Å². The standard InChI is InChI=1S/C7H6NOP/c8-5-9-6-1-3-7(10)4-2-6/h1-4H,10H2. The van der Waals surface area contributed by atoms with Gasteiger partial charge in [-0.15, -0.1) is 14.5 Å². The summed E-state index contributed by atoms with van der Waals surface area (Å²) < 4.78 is 4.56. The van der Waals surface area contributed by atoms with Gasteiger partial charge in [0, 0.05) is 0 Å². The Morgan fingerprint density at radius 3 is 2.40 bits per heavy atom. The average Bonchev–Trinajstić information content (AvgIpc) is 1.95. The molecule has 0 saturated heterocycles. The smallest absolute Gasteiger partial charge is 0.292 e. The Hall–Kier alpha value is -1.06. The SMILES string of the molecule is N#COc1ccc(P)cc1.